The number of nitro groups is 1. The molecule has 3 rings (SSSR count). The molecule has 1 aliphatic rings. The van der Waals surface area contributed by atoms with Crippen LogP contribution in [0.25, 0.3) is 0 Å². The predicted molar refractivity (Wildman–Crippen MR) is 94.4 cm³/mol. The molecular formula is C17H17FN2O5S. The maximum atomic E-state index is 12.9. The summed E-state index contributed by atoms with van der Waals surface area (Å²) in [5, 5.41) is 11.0. The largest absolute Gasteiger partial charge is 0.492 e. The van der Waals surface area contributed by atoms with Gasteiger partial charge in [0.25, 0.3) is 5.69 Å². The normalized spacial score (nSPS) is 14.0. The molecule has 0 radical (unpaired) electrons. The lowest BCUT2D eigenvalue weighted by Gasteiger charge is -2.30. The highest BCUT2D eigenvalue weighted by atomic mass is 32.2. The zero-order valence-corrected chi connectivity index (χ0v) is 14.6. The van der Waals surface area contributed by atoms with E-state index in [-0.39, 0.29) is 24.6 Å². The van der Waals surface area contributed by atoms with Crippen molar-refractivity contribution in [1.82, 2.24) is 0 Å². The molecule has 0 unspecified atom stereocenters. The predicted octanol–water partition coefficient (Wildman–Crippen LogP) is 2.90. The Balaban J connectivity index is 1.74. The number of hydrogen-bond donors (Lipinski definition) is 0. The molecule has 2 aromatic rings. The molecular weight excluding hydrogens is 363 g/mol. The molecule has 0 spiro atoms. The summed E-state index contributed by atoms with van der Waals surface area (Å²) in [5.74, 6) is -0.320. The molecule has 0 N–H and O–H groups in total. The highest BCUT2D eigenvalue weighted by Gasteiger charge is 2.29. The number of non-ortho nitro benzene ring substituents is 1. The first-order valence-corrected chi connectivity index (χ1v) is 9.64. The van der Waals surface area contributed by atoms with Crippen molar-refractivity contribution < 1.29 is 22.5 Å². The summed E-state index contributed by atoms with van der Waals surface area (Å²) in [6.07, 6.45) is 1.31. The molecule has 26 heavy (non-hydrogen) atoms. The van der Waals surface area contributed by atoms with Crippen LogP contribution in [-0.4, -0.2) is 32.2 Å². The van der Waals surface area contributed by atoms with Crippen LogP contribution < -0.4 is 9.04 Å². The lowest BCUT2D eigenvalue weighted by Crippen LogP contribution is -2.38. The van der Waals surface area contributed by atoms with Crippen molar-refractivity contribution in [3.8, 4) is 5.75 Å². The van der Waals surface area contributed by atoms with E-state index in [0.717, 1.165) is 5.56 Å². The SMILES string of the molecule is O=[N+]([O-])c1ccc2c(c1)N(S(=O)(=O)CCOc1ccc(F)cc1)CCC2. The molecule has 0 fully saturated rings. The molecule has 0 bridgehead atoms. The molecule has 0 saturated heterocycles. The fourth-order valence-electron chi connectivity index (χ4n) is 2.84. The fraction of sp³-hybridized carbons (Fsp3) is 0.294. The second kappa shape index (κ2) is 7.28. The number of anilines is 1. The Bertz CT molecular complexity index is 915. The van der Waals surface area contributed by atoms with Crippen LogP contribution in [0.5, 0.6) is 5.75 Å². The van der Waals surface area contributed by atoms with E-state index >= 15 is 0 Å². The van der Waals surface area contributed by atoms with Crippen molar-refractivity contribution in [3.63, 3.8) is 0 Å². The Morgan fingerprint density at radius 2 is 1.92 bits per heavy atom. The van der Waals surface area contributed by atoms with E-state index in [4.69, 9.17) is 4.74 Å². The van der Waals surface area contributed by atoms with Crippen LogP contribution in [0.3, 0.4) is 0 Å². The first kappa shape index (κ1) is 18.1. The average molecular weight is 380 g/mol. The van der Waals surface area contributed by atoms with E-state index < -0.39 is 20.8 Å². The first-order chi connectivity index (χ1) is 12.4. The van der Waals surface area contributed by atoms with Gasteiger partial charge in [0.05, 0.1) is 10.6 Å². The second-order valence-electron chi connectivity index (χ2n) is 5.86. The molecule has 0 atom stereocenters. The Labute approximate surface area is 150 Å². The summed E-state index contributed by atoms with van der Waals surface area (Å²) < 4.78 is 44.8. The number of aryl methyl sites for hydroxylation is 1. The van der Waals surface area contributed by atoms with Crippen LogP contribution >= 0.6 is 0 Å². The lowest BCUT2D eigenvalue weighted by atomic mass is 10.0. The van der Waals surface area contributed by atoms with E-state index in [1.54, 1.807) is 6.07 Å². The monoisotopic (exact) mass is 380 g/mol. The van der Waals surface area contributed by atoms with Crippen molar-refractivity contribution in [1.29, 1.82) is 0 Å². The van der Waals surface area contributed by atoms with Crippen molar-refractivity contribution in [2.24, 2.45) is 0 Å². The third-order valence-corrected chi connectivity index (χ3v) is 5.85. The number of hydrogen-bond acceptors (Lipinski definition) is 5. The number of nitrogens with zero attached hydrogens (tertiary/aromatic N) is 2. The first-order valence-electron chi connectivity index (χ1n) is 8.03. The van der Waals surface area contributed by atoms with Gasteiger partial charge in [-0.25, -0.2) is 12.8 Å². The van der Waals surface area contributed by atoms with Gasteiger partial charge in [-0.3, -0.25) is 14.4 Å². The van der Waals surface area contributed by atoms with Gasteiger partial charge >= 0.3 is 0 Å². The fourth-order valence-corrected chi connectivity index (χ4v) is 4.23. The molecule has 0 saturated carbocycles. The summed E-state index contributed by atoms with van der Waals surface area (Å²) in [7, 11) is -3.71. The minimum absolute atomic E-state index is 0.102. The maximum Gasteiger partial charge on any atom is 0.271 e. The number of fused-ring (bicyclic) bond motifs is 1. The zero-order valence-electron chi connectivity index (χ0n) is 13.8. The summed E-state index contributed by atoms with van der Waals surface area (Å²) >= 11 is 0. The standard InChI is InChI=1S/C17H17FN2O5S/c18-14-4-7-16(8-5-14)25-10-11-26(23,24)19-9-1-2-13-3-6-15(20(21)22)12-17(13)19/h3-8,12H,1-2,9-11H2. The molecule has 0 aromatic heterocycles. The number of halogens is 1. The molecule has 2 aromatic carbocycles. The molecule has 7 nitrogen and oxygen atoms in total. The topological polar surface area (TPSA) is 89.8 Å². The Kier molecular flexibility index (Phi) is 5.08. The van der Waals surface area contributed by atoms with Gasteiger partial charge in [0, 0.05) is 18.7 Å². The molecule has 0 aliphatic carbocycles. The minimum atomic E-state index is -3.71. The van der Waals surface area contributed by atoms with E-state index in [9.17, 15) is 22.9 Å². The van der Waals surface area contributed by atoms with Crippen LogP contribution in [0.2, 0.25) is 0 Å². The van der Waals surface area contributed by atoms with Gasteiger partial charge in [-0.15, -0.1) is 0 Å². The molecule has 138 valence electrons. The van der Waals surface area contributed by atoms with Crippen LogP contribution in [-0.2, 0) is 16.4 Å². The van der Waals surface area contributed by atoms with E-state index in [0.29, 0.717) is 24.3 Å². The van der Waals surface area contributed by atoms with Gasteiger partial charge in [0.2, 0.25) is 10.0 Å². The van der Waals surface area contributed by atoms with Crippen LogP contribution in [0.15, 0.2) is 42.5 Å². The smallest absolute Gasteiger partial charge is 0.271 e. The van der Waals surface area contributed by atoms with Gasteiger partial charge < -0.3 is 4.74 Å². The van der Waals surface area contributed by atoms with Crippen molar-refractivity contribution in [2.75, 3.05) is 23.2 Å². The zero-order chi connectivity index (χ0) is 18.7. The average Bonchev–Trinajstić information content (AvgIpc) is 2.62. The summed E-state index contributed by atoms with van der Waals surface area (Å²) in [5.41, 5.74) is 0.977. The summed E-state index contributed by atoms with van der Waals surface area (Å²) in [6.45, 7) is 0.168. The number of benzene rings is 2. The lowest BCUT2D eigenvalue weighted by molar-refractivity contribution is -0.384. The summed E-state index contributed by atoms with van der Waals surface area (Å²) in [6, 6.07) is 9.57. The second-order valence-corrected chi connectivity index (χ2v) is 7.88. The van der Waals surface area contributed by atoms with Crippen LogP contribution in [0, 0.1) is 15.9 Å². The van der Waals surface area contributed by atoms with Crippen molar-refractivity contribution >= 4 is 21.4 Å². The molecule has 1 heterocycles. The van der Waals surface area contributed by atoms with Crippen LogP contribution in [0.1, 0.15) is 12.0 Å². The Morgan fingerprint density at radius 1 is 1.19 bits per heavy atom. The van der Waals surface area contributed by atoms with E-state index in [1.807, 2.05) is 0 Å². The van der Waals surface area contributed by atoms with Crippen molar-refractivity contribution in [2.45, 2.75) is 12.8 Å². The highest BCUT2D eigenvalue weighted by Crippen LogP contribution is 2.32. The minimum Gasteiger partial charge on any atom is -0.492 e. The Morgan fingerprint density at radius 3 is 2.62 bits per heavy atom. The molecule has 9 heteroatoms. The number of rotatable bonds is 6. The van der Waals surface area contributed by atoms with Gasteiger partial charge in [0.15, 0.2) is 0 Å². The van der Waals surface area contributed by atoms with Crippen molar-refractivity contribution in [3.05, 3.63) is 64.0 Å². The Hall–Kier alpha value is -2.68. The summed E-state index contributed by atoms with van der Waals surface area (Å²) in [4.78, 5) is 10.4. The van der Waals surface area contributed by atoms with Gasteiger partial charge in [-0.2, -0.15) is 0 Å². The van der Waals surface area contributed by atoms with E-state index in [1.165, 1.54) is 40.7 Å². The highest BCUT2D eigenvalue weighted by molar-refractivity contribution is 7.92. The molecule has 1 aliphatic heterocycles. The van der Waals surface area contributed by atoms with Crippen LogP contribution in [0.4, 0.5) is 15.8 Å². The third kappa shape index (κ3) is 3.93. The van der Waals surface area contributed by atoms with Gasteiger partial charge in [-0.1, -0.05) is 6.07 Å². The quantitative estimate of drug-likeness (QED) is 0.568. The van der Waals surface area contributed by atoms with Gasteiger partial charge in [-0.05, 0) is 42.7 Å². The number of sulfonamides is 1. The number of ether oxygens (including phenoxy) is 1. The molecule has 0 amide bonds. The maximum absolute atomic E-state index is 12.9. The number of nitro benzene ring substituents is 1. The third-order valence-electron chi connectivity index (χ3n) is 4.12. The van der Waals surface area contributed by atoms with Gasteiger partial charge in [0.1, 0.15) is 23.9 Å². The van der Waals surface area contributed by atoms with E-state index in [2.05, 4.69) is 0 Å².